The normalized spacial score (nSPS) is 12.5. The molecule has 2 N–H and O–H groups in total. The first kappa shape index (κ1) is 11.5. The maximum absolute atomic E-state index is 6.18. The molecule has 0 aliphatic carbocycles. The van der Waals surface area contributed by atoms with E-state index in [4.69, 9.17) is 10.5 Å². The molecule has 0 saturated carbocycles. The largest absolute Gasteiger partial charge is 0.493 e. The van der Waals surface area contributed by atoms with Gasteiger partial charge < -0.3 is 10.5 Å². The topological polar surface area (TPSA) is 78.9 Å². The van der Waals surface area contributed by atoms with Crippen LogP contribution in [0, 0.1) is 6.92 Å². The molecule has 0 bridgehead atoms. The predicted octanol–water partition coefficient (Wildman–Crippen LogP) is 0.575. The van der Waals surface area contributed by atoms with E-state index in [0.717, 1.165) is 11.4 Å². The van der Waals surface area contributed by atoms with Crippen LogP contribution >= 0.6 is 0 Å². The van der Waals surface area contributed by atoms with Crippen molar-refractivity contribution in [3.05, 3.63) is 35.7 Å². The van der Waals surface area contributed by atoms with Crippen LogP contribution in [0.1, 0.15) is 23.3 Å². The van der Waals surface area contributed by atoms with E-state index in [1.165, 1.54) is 0 Å². The second-order valence-corrected chi connectivity index (χ2v) is 3.73. The Morgan fingerprint density at radius 3 is 2.88 bits per heavy atom. The number of rotatable bonds is 3. The van der Waals surface area contributed by atoms with E-state index in [0.29, 0.717) is 11.6 Å². The lowest BCUT2D eigenvalue weighted by Gasteiger charge is -2.13. The standard InChI is InChI=1S/C11H15N5O/c1-7-13-5-4-8(15-7)10(12)11-9(17-3)6-14-16(11)2/h4-6,10H,12H2,1-3H3. The number of aryl methyl sites for hydroxylation is 2. The van der Waals surface area contributed by atoms with Crippen molar-refractivity contribution in [3.63, 3.8) is 0 Å². The molecule has 6 nitrogen and oxygen atoms in total. The Kier molecular flexibility index (Phi) is 3.06. The summed E-state index contributed by atoms with van der Waals surface area (Å²) in [6.07, 6.45) is 3.34. The van der Waals surface area contributed by atoms with E-state index in [2.05, 4.69) is 15.1 Å². The van der Waals surface area contributed by atoms with E-state index in [1.807, 2.05) is 14.0 Å². The van der Waals surface area contributed by atoms with Gasteiger partial charge in [0.15, 0.2) is 5.75 Å². The van der Waals surface area contributed by atoms with E-state index in [9.17, 15) is 0 Å². The van der Waals surface area contributed by atoms with Crippen LogP contribution in [0.5, 0.6) is 5.75 Å². The van der Waals surface area contributed by atoms with Gasteiger partial charge in [0.25, 0.3) is 0 Å². The molecule has 1 atom stereocenters. The highest BCUT2D eigenvalue weighted by Gasteiger charge is 2.19. The molecule has 0 fully saturated rings. The number of nitrogens with two attached hydrogens (primary N) is 1. The quantitative estimate of drug-likeness (QED) is 0.838. The average Bonchev–Trinajstić information content (AvgIpc) is 2.69. The Balaban J connectivity index is 2.43. The summed E-state index contributed by atoms with van der Waals surface area (Å²) < 4.78 is 6.93. The minimum Gasteiger partial charge on any atom is -0.493 e. The third-order valence-corrected chi connectivity index (χ3v) is 2.58. The molecule has 0 spiro atoms. The second kappa shape index (κ2) is 4.50. The minimum atomic E-state index is -0.376. The van der Waals surface area contributed by atoms with E-state index in [1.54, 1.807) is 30.3 Å². The Labute approximate surface area is 99.4 Å². The molecule has 0 radical (unpaired) electrons. The summed E-state index contributed by atoms with van der Waals surface area (Å²) in [4.78, 5) is 8.36. The van der Waals surface area contributed by atoms with E-state index >= 15 is 0 Å². The van der Waals surface area contributed by atoms with Gasteiger partial charge in [-0.1, -0.05) is 0 Å². The highest BCUT2D eigenvalue weighted by molar-refractivity contribution is 5.33. The summed E-state index contributed by atoms with van der Waals surface area (Å²) in [5.41, 5.74) is 7.72. The van der Waals surface area contributed by atoms with E-state index < -0.39 is 0 Å². The van der Waals surface area contributed by atoms with Crippen LogP contribution in [0.4, 0.5) is 0 Å². The van der Waals surface area contributed by atoms with Gasteiger partial charge in [-0.15, -0.1) is 0 Å². The molecule has 2 heterocycles. The lowest BCUT2D eigenvalue weighted by molar-refractivity contribution is 0.405. The van der Waals surface area contributed by atoms with Gasteiger partial charge >= 0.3 is 0 Å². The molecule has 0 aliphatic heterocycles. The van der Waals surface area contributed by atoms with Crippen molar-refractivity contribution < 1.29 is 4.74 Å². The molecule has 2 rings (SSSR count). The summed E-state index contributed by atoms with van der Waals surface area (Å²) >= 11 is 0. The first-order chi connectivity index (χ1) is 8.13. The van der Waals surface area contributed by atoms with Gasteiger partial charge in [0.2, 0.25) is 0 Å². The lowest BCUT2D eigenvalue weighted by Crippen LogP contribution is -2.18. The van der Waals surface area contributed by atoms with Crippen molar-refractivity contribution in [2.24, 2.45) is 12.8 Å². The Bertz CT molecular complexity index is 522. The molecule has 0 aliphatic rings. The van der Waals surface area contributed by atoms with Crippen molar-refractivity contribution in [2.45, 2.75) is 13.0 Å². The molecule has 2 aromatic heterocycles. The zero-order valence-corrected chi connectivity index (χ0v) is 10.1. The molecule has 0 amide bonds. The Morgan fingerprint density at radius 1 is 1.47 bits per heavy atom. The molecule has 0 aromatic carbocycles. The monoisotopic (exact) mass is 233 g/mol. The number of nitrogens with zero attached hydrogens (tertiary/aromatic N) is 4. The maximum atomic E-state index is 6.18. The van der Waals surface area contributed by atoms with Crippen LogP contribution in [-0.4, -0.2) is 26.9 Å². The molecular formula is C11H15N5O. The van der Waals surface area contributed by atoms with Gasteiger partial charge in [-0.3, -0.25) is 4.68 Å². The van der Waals surface area contributed by atoms with Crippen LogP contribution in [0.2, 0.25) is 0 Å². The first-order valence-corrected chi connectivity index (χ1v) is 5.24. The summed E-state index contributed by atoms with van der Waals surface area (Å²) in [7, 11) is 3.42. The van der Waals surface area contributed by atoms with Crippen molar-refractivity contribution in [1.29, 1.82) is 0 Å². The highest BCUT2D eigenvalue weighted by atomic mass is 16.5. The van der Waals surface area contributed by atoms with Gasteiger partial charge in [-0.2, -0.15) is 5.10 Å². The number of methoxy groups -OCH3 is 1. The molecule has 1 unspecified atom stereocenters. The van der Waals surface area contributed by atoms with Crippen molar-refractivity contribution in [2.75, 3.05) is 7.11 Å². The third kappa shape index (κ3) is 2.12. The zero-order valence-electron chi connectivity index (χ0n) is 10.1. The molecule has 0 saturated heterocycles. The third-order valence-electron chi connectivity index (χ3n) is 2.58. The number of ether oxygens (including phenoxy) is 1. The molecule has 17 heavy (non-hydrogen) atoms. The Morgan fingerprint density at radius 2 is 2.24 bits per heavy atom. The Hall–Kier alpha value is -1.95. The summed E-state index contributed by atoms with van der Waals surface area (Å²) in [6.45, 7) is 1.83. The molecule has 2 aromatic rings. The molecule has 90 valence electrons. The van der Waals surface area contributed by atoms with Crippen LogP contribution < -0.4 is 10.5 Å². The van der Waals surface area contributed by atoms with Crippen molar-refractivity contribution >= 4 is 0 Å². The van der Waals surface area contributed by atoms with Crippen LogP contribution in [-0.2, 0) is 7.05 Å². The molecule has 6 heteroatoms. The number of hydrogen-bond acceptors (Lipinski definition) is 5. The minimum absolute atomic E-state index is 0.376. The van der Waals surface area contributed by atoms with Crippen molar-refractivity contribution in [1.82, 2.24) is 19.7 Å². The van der Waals surface area contributed by atoms with Crippen molar-refractivity contribution in [3.8, 4) is 5.75 Å². The summed E-state index contributed by atoms with van der Waals surface area (Å²) in [5.74, 6) is 1.36. The van der Waals surface area contributed by atoms with E-state index in [-0.39, 0.29) is 6.04 Å². The zero-order chi connectivity index (χ0) is 12.4. The maximum Gasteiger partial charge on any atom is 0.161 e. The second-order valence-electron chi connectivity index (χ2n) is 3.73. The van der Waals surface area contributed by atoms with Gasteiger partial charge in [-0.25, -0.2) is 9.97 Å². The van der Waals surface area contributed by atoms with Gasteiger partial charge in [0.1, 0.15) is 11.5 Å². The lowest BCUT2D eigenvalue weighted by atomic mass is 10.1. The smallest absolute Gasteiger partial charge is 0.161 e. The number of hydrogen-bond donors (Lipinski definition) is 1. The predicted molar refractivity (Wildman–Crippen MR) is 62.6 cm³/mol. The van der Waals surface area contributed by atoms with Crippen LogP contribution in [0.3, 0.4) is 0 Å². The van der Waals surface area contributed by atoms with Gasteiger partial charge in [0, 0.05) is 13.2 Å². The fourth-order valence-electron chi connectivity index (χ4n) is 1.73. The summed E-state index contributed by atoms with van der Waals surface area (Å²) in [5, 5.41) is 4.12. The van der Waals surface area contributed by atoms with Crippen LogP contribution in [0.15, 0.2) is 18.5 Å². The molecular weight excluding hydrogens is 218 g/mol. The highest BCUT2D eigenvalue weighted by Crippen LogP contribution is 2.26. The van der Waals surface area contributed by atoms with Crippen LogP contribution in [0.25, 0.3) is 0 Å². The summed E-state index contributed by atoms with van der Waals surface area (Å²) in [6, 6.07) is 1.42. The fraction of sp³-hybridized carbons (Fsp3) is 0.364. The average molecular weight is 233 g/mol. The first-order valence-electron chi connectivity index (χ1n) is 5.24. The van der Waals surface area contributed by atoms with Gasteiger partial charge in [-0.05, 0) is 13.0 Å². The van der Waals surface area contributed by atoms with Gasteiger partial charge in [0.05, 0.1) is 25.0 Å². The fourth-order valence-corrected chi connectivity index (χ4v) is 1.73. The SMILES string of the molecule is COc1cnn(C)c1C(N)c1ccnc(C)n1. The number of aromatic nitrogens is 4.